The summed E-state index contributed by atoms with van der Waals surface area (Å²) in [5.74, 6) is 0.567. The van der Waals surface area contributed by atoms with Crippen LogP contribution in [0.15, 0.2) is 18.2 Å². The molecule has 1 aromatic carbocycles. The van der Waals surface area contributed by atoms with Gasteiger partial charge in [-0.25, -0.2) is 0 Å². The lowest BCUT2D eigenvalue weighted by molar-refractivity contribution is -0.122. The number of amides is 1. The molecule has 4 nitrogen and oxygen atoms in total. The van der Waals surface area contributed by atoms with E-state index in [1.165, 1.54) is 0 Å². The fourth-order valence-corrected chi connectivity index (χ4v) is 2.06. The van der Waals surface area contributed by atoms with Gasteiger partial charge in [0, 0.05) is 6.54 Å². The lowest BCUT2D eigenvalue weighted by Crippen LogP contribution is -2.28. The van der Waals surface area contributed by atoms with Crippen molar-refractivity contribution in [2.75, 3.05) is 13.2 Å². The molecule has 0 bridgehead atoms. The average molecular weight is 235 g/mol. The van der Waals surface area contributed by atoms with Gasteiger partial charge in [-0.3, -0.25) is 4.79 Å². The predicted octanol–water partition coefficient (Wildman–Crippen LogP) is 1.18. The summed E-state index contributed by atoms with van der Waals surface area (Å²) in [6.07, 6.45) is 1.30. The summed E-state index contributed by atoms with van der Waals surface area (Å²) in [6.45, 7) is 2.52. The molecule has 1 aliphatic carbocycles. The van der Waals surface area contributed by atoms with Gasteiger partial charge in [0.05, 0.1) is 6.10 Å². The first-order valence-electron chi connectivity index (χ1n) is 5.91. The zero-order valence-electron chi connectivity index (χ0n) is 9.90. The fraction of sp³-hybridized carbons (Fsp3) is 0.462. The summed E-state index contributed by atoms with van der Waals surface area (Å²) >= 11 is 0. The summed E-state index contributed by atoms with van der Waals surface area (Å²) in [7, 11) is 0. The van der Waals surface area contributed by atoms with Crippen LogP contribution in [0, 0.1) is 0 Å². The van der Waals surface area contributed by atoms with E-state index in [2.05, 4.69) is 5.32 Å². The van der Waals surface area contributed by atoms with Gasteiger partial charge in [-0.15, -0.1) is 0 Å². The van der Waals surface area contributed by atoms with Crippen molar-refractivity contribution in [3.05, 3.63) is 29.3 Å². The molecule has 0 fully saturated rings. The zero-order chi connectivity index (χ0) is 12.3. The normalized spacial score (nSPS) is 17.6. The van der Waals surface area contributed by atoms with Crippen molar-refractivity contribution in [1.82, 2.24) is 5.32 Å². The van der Waals surface area contributed by atoms with Crippen LogP contribution in [0.4, 0.5) is 0 Å². The molecule has 0 heterocycles. The van der Waals surface area contributed by atoms with Crippen LogP contribution in [0.3, 0.4) is 0 Å². The minimum Gasteiger partial charge on any atom is -0.484 e. The van der Waals surface area contributed by atoms with Crippen molar-refractivity contribution in [2.24, 2.45) is 0 Å². The van der Waals surface area contributed by atoms with Crippen LogP contribution in [-0.2, 0) is 11.2 Å². The molecule has 1 amide bonds. The van der Waals surface area contributed by atoms with E-state index < -0.39 is 0 Å². The van der Waals surface area contributed by atoms with Crippen molar-refractivity contribution in [2.45, 2.75) is 25.9 Å². The topological polar surface area (TPSA) is 58.6 Å². The molecule has 0 spiro atoms. The monoisotopic (exact) mass is 235 g/mol. The maximum atomic E-state index is 11.2. The van der Waals surface area contributed by atoms with Crippen molar-refractivity contribution >= 4 is 5.91 Å². The van der Waals surface area contributed by atoms with E-state index in [1.807, 2.05) is 19.1 Å². The van der Waals surface area contributed by atoms with Crippen molar-refractivity contribution in [3.63, 3.8) is 0 Å². The Morgan fingerprint density at radius 1 is 1.59 bits per heavy atom. The fourth-order valence-electron chi connectivity index (χ4n) is 2.06. The van der Waals surface area contributed by atoms with Gasteiger partial charge in [-0.05, 0) is 43.0 Å². The van der Waals surface area contributed by atoms with Gasteiger partial charge in [-0.1, -0.05) is 6.07 Å². The van der Waals surface area contributed by atoms with E-state index in [-0.39, 0.29) is 18.6 Å². The molecule has 0 aromatic heterocycles. The van der Waals surface area contributed by atoms with Crippen molar-refractivity contribution in [1.29, 1.82) is 0 Å². The number of rotatable bonds is 4. The van der Waals surface area contributed by atoms with Crippen LogP contribution in [0.2, 0.25) is 0 Å². The second-order valence-electron chi connectivity index (χ2n) is 4.16. The Hall–Kier alpha value is -1.55. The molecule has 1 aromatic rings. The van der Waals surface area contributed by atoms with Gasteiger partial charge in [0.15, 0.2) is 6.61 Å². The first-order chi connectivity index (χ1) is 8.20. The van der Waals surface area contributed by atoms with E-state index in [0.717, 1.165) is 24.0 Å². The highest BCUT2D eigenvalue weighted by Gasteiger charge is 2.20. The van der Waals surface area contributed by atoms with Crippen LogP contribution < -0.4 is 10.1 Å². The Balaban J connectivity index is 1.97. The number of benzene rings is 1. The van der Waals surface area contributed by atoms with E-state index in [4.69, 9.17) is 4.74 Å². The molecule has 0 aliphatic heterocycles. The number of hydrogen-bond donors (Lipinski definition) is 2. The van der Waals surface area contributed by atoms with Crippen LogP contribution in [-0.4, -0.2) is 24.2 Å². The standard InChI is InChI=1S/C13H17NO3/c1-2-14-13(16)8-17-10-4-5-11-9(7-10)3-6-12(11)15/h4-5,7,12,15H,2-3,6,8H2,1H3,(H,14,16). The van der Waals surface area contributed by atoms with Crippen molar-refractivity contribution < 1.29 is 14.6 Å². The number of ether oxygens (including phenoxy) is 1. The SMILES string of the molecule is CCNC(=O)COc1ccc2c(c1)CCC2O. The Morgan fingerprint density at radius 2 is 2.41 bits per heavy atom. The summed E-state index contributed by atoms with van der Waals surface area (Å²) < 4.78 is 5.39. The van der Waals surface area contributed by atoms with E-state index in [0.29, 0.717) is 12.3 Å². The highest BCUT2D eigenvalue weighted by molar-refractivity contribution is 5.77. The maximum Gasteiger partial charge on any atom is 0.257 e. The van der Waals surface area contributed by atoms with E-state index >= 15 is 0 Å². The predicted molar refractivity (Wildman–Crippen MR) is 63.9 cm³/mol. The third-order valence-electron chi connectivity index (χ3n) is 2.90. The van der Waals surface area contributed by atoms with Gasteiger partial charge in [0.1, 0.15) is 5.75 Å². The third kappa shape index (κ3) is 2.77. The molecule has 2 rings (SSSR count). The van der Waals surface area contributed by atoms with Crippen molar-refractivity contribution in [3.8, 4) is 5.75 Å². The smallest absolute Gasteiger partial charge is 0.257 e. The largest absolute Gasteiger partial charge is 0.484 e. The van der Waals surface area contributed by atoms with Crippen LogP contribution in [0.1, 0.15) is 30.6 Å². The van der Waals surface area contributed by atoms with Crippen LogP contribution in [0.25, 0.3) is 0 Å². The lowest BCUT2D eigenvalue weighted by Gasteiger charge is -2.08. The maximum absolute atomic E-state index is 11.2. The quantitative estimate of drug-likeness (QED) is 0.824. The minimum absolute atomic E-state index is 0.0369. The molecule has 4 heteroatoms. The number of fused-ring (bicyclic) bond motifs is 1. The van der Waals surface area contributed by atoms with Gasteiger partial charge in [0.2, 0.25) is 0 Å². The number of nitrogens with one attached hydrogen (secondary N) is 1. The first kappa shape index (κ1) is 11.9. The molecule has 0 radical (unpaired) electrons. The van der Waals surface area contributed by atoms with Gasteiger partial charge in [-0.2, -0.15) is 0 Å². The first-order valence-corrected chi connectivity index (χ1v) is 5.91. The highest BCUT2D eigenvalue weighted by atomic mass is 16.5. The lowest BCUT2D eigenvalue weighted by atomic mass is 10.1. The highest BCUT2D eigenvalue weighted by Crippen LogP contribution is 2.33. The van der Waals surface area contributed by atoms with Crippen LogP contribution >= 0.6 is 0 Å². The van der Waals surface area contributed by atoms with Gasteiger partial charge in [0.25, 0.3) is 5.91 Å². The molecule has 0 saturated carbocycles. The number of carbonyl (C=O) groups is 1. The number of likely N-dealkylation sites (N-methyl/N-ethyl adjacent to an activating group) is 1. The molecule has 1 atom stereocenters. The molecule has 1 aliphatic rings. The molecule has 0 saturated heterocycles. The number of aryl methyl sites for hydroxylation is 1. The number of carbonyl (C=O) groups excluding carboxylic acids is 1. The number of aliphatic hydroxyl groups excluding tert-OH is 1. The molecule has 17 heavy (non-hydrogen) atoms. The average Bonchev–Trinajstić information content (AvgIpc) is 2.69. The molecule has 1 unspecified atom stereocenters. The number of aliphatic hydroxyl groups is 1. The van der Waals surface area contributed by atoms with Gasteiger partial charge >= 0.3 is 0 Å². The second kappa shape index (κ2) is 5.19. The number of hydrogen-bond acceptors (Lipinski definition) is 3. The summed E-state index contributed by atoms with van der Waals surface area (Å²) in [6, 6.07) is 5.58. The Bertz CT molecular complexity index is 417. The van der Waals surface area contributed by atoms with E-state index in [1.54, 1.807) is 6.07 Å². The molecule has 2 N–H and O–H groups in total. The Labute approximate surface area is 101 Å². The Kier molecular flexibility index (Phi) is 3.64. The van der Waals surface area contributed by atoms with E-state index in [9.17, 15) is 9.90 Å². The third-order valence-corrected chi connectivity index (χ3v) is 2.90. The minimum atomic E-state index is -0.345. The zero-order valence-corrected chi connectivity index (χ0v) is 9.90. The summed E-state index contributed by atoms with van der Waals surface area (Å²) in [5, 5.41) is 12.3. The summed E-state index contributed by atoms with van der Waals surface area (Å²) in [4.78, 5) is 11.2. The second-order valence-corrected chi connectivity index (χ2v) is 4.16. The molecule has 92 valence electrons. The molecular formula is C13H17NO3. The van der Waals surface area contributed by atoms with Crippen LogP contribution in [0.5, 0.6) is 5.75 Å². The molecular weight excluding hydrogens is 218 g/mol. The van der Waals surface area contributed by atoms with Gasteiger partial charge < -0.3 is 15.2 Å². The summed E-state index contributed by atoms with van der Waals surface area (Å²) in [5.41, 5.74) is 2.10. The Morgan fingerprint density at radius 3 is 3.18 bits per heavy atom.